The molecule has 0 aliphatic rings. The molecule has 0 aromatic carbocycles. The van der Waals surface area contributed by atoms with E-state index in [1.54, 1.807) is 12.1 Å². The van der Waals surface area contributed by atoms with Crippen molar-refractivity contribution in [3.8, 4) is 0 Å². The molecule has 0 bridgehead atoms. The molecule has 1 heterocycles. The van der Waals surface area contributed by atoms with Gasteiger partial charge in [-0.1, -0.05) is 13.8 Å². The summed E-state index contributed by atoms with van der Waals surface area (Å²) in [4.78, 5) is 22.9. The molecule has 0 unspecified atom stereocenters. The van der Waals surface area contributed by atoms with Crippen LogP contribution < -0.4 is 0 Å². The molecule has 86 valence electrons. The fourth-order valence-corrected chi connectivity index (χ4v) is 1.34. The maximum Gasteiger partial charge on any atom is 0.183 e. The zero-order chi connectivity index (χ0) is 12.0. The Bertz CT molecular complexity index is 334. The predicted octanol–water partition coefficient (Wildman–Crippen LogP) is 2.44. The smallest absolute Gasteiger partial charge is 0.183 e. The SMILES string of the molecule is CCCC(=O)c1ccc(C(=O)CCC)nn1. The first-order valence-electron chi connectivity index (χ1n) is 5.59. The lowest BCUT2D eigenvalue weighted by Gasteiger charge is -1.99. The van der Waals surface area contributed by atoms with Crippen molar-refractivity contribution in [2.45, 2.75) is 39.5 Å². The van der Waals surface area contributed by atoms with E-state index in [9.17, 15) is 9.59 Å². The van der Waals surface area contributed by atoms with Crippen LogP contribution in [-0.4, -0.2) is 21.8 Å². The van der Waals surface area contributed by atoms with Crippen LogP contribution in [0.3, 0.4) is 0 Å². The van der Waals surface area contributed by atoms with Crippen LogP contribution >= 0.6 is 0 Å². The van der Waals surface area contributed by atoms with Gasteiger partial charge in [0.05, 0.1) is 0 Å². The minimum absolute atomic E-state index is 0.0236. The molecule has 4 nitrogen and oxygen atoms in total. The Balaban J connectivity index is 2.75. The summed E-state index contributed by atoms with van der Waals surface area (Å²) in [6.07, 6.45) is 2.52. The molecule has 4 heteroatoms. The Morgan fingerprint density at radius 1 is 0.938 bits per heavy atom. The van der Waals surface area contributed by atoms with Gasteiger partial charge in [0.15, 0.2) is 11.6 Å². The highest BCUT2D eigenvalue weighted by Gasteiger charge is 2.10. The fraction of sp³-hybridized carbons (Fsp3) is 0.500. The number of Topliss-reactive ketones (excluding diaryl/α,β-unsaturated/α-hetero) is 2. The highest BCUT2D eigenvalue weighted by atomic mass is 16.1. The van der Waals surface area contributed by atoms with Crippen LogP contribution in [0.1, 0.15) is 60.5 Å². The molecular weight excluding hydrogens is 204 g/mol. The summed E-state index contributed by atoms with van der Waals surface area (Å²) >= 11 is 0. The number of ketones is 2. The average molecular weight is 220 g/mol. The standard InChI is InChI=1S/C12H16N2O2/c1-3-5-11(15)9-7-8-10(14-13-9)12(16)6-4-2/h7-8H,3-6H2,1-2H3. The summed E-state index contributed by atoms with van der Waals surface area (Å²) < 4.78 is 0. The third-order valence-corrected chi connectivity index (χ3v) is 2.19. The second-order valence-corrected chi connectivity index (χ2v) is 3.65. The Morgan fingerprint density at radius 3 is 1.56 bits per heavy atom. The van der Waals surface area contributed by atoms with E-state index in [-0.39, 0.29) is 11.6 Å². The molecule has 1 aromatic heterocycles. The quantitative estimate of drug-likeness (QED) is 0.691. The summed E-state index contributed by atoms with van der Waals surface area (Å²) in [6.45, 7) is 3.87. The van der Waals surface area contributed by atoms with Gasteiger partial charge in [-0.3, -0.25) is 9.59 Å². The minimum Gasteiger partial charge on any atom is -0.292 e. The van der Waals surface area contributed by atoms with Crippen LogP contribution in [0.4, 0.5) is 0 Å². The van der Waals surface area contributed by atoms with Gasteiger partial charge in [0.2, 0.25) is 0 Å². The average Bonchev–Trinajstić information content (AvgIpc) is 2.30. The van der Waals surface area contributed by atoms with Crippen LogP contribution in [0.15, 0.2) is 12.1 Å². The lowest BCUT2D eigenvalue weighted by atomic mass is 10.1. The van der Waals surface area contributed by atoms with E-state index in [1.807, 2.05) is 13.8 Å². The van der Waals surface area contributed by atoms with Gasteiger partial charge in [-0.15, -0.1) is 10.2 Å². The van der Waals surface area contributed by atoms with Gasteiger partial charge in [0.25, 0.3) is 0 Å². The Morgan fingerprint density at radius 2 is 1.31 bits per heavy atom. The lowest BCUT2D eigenvalue weighted by molar-refractivity contribution is 0.0960. The Hall–Kier alpha value is -1.58. The molecule has 0 radical (unpaired) electrons. The van der Waals surface area contributed by atoms with Gasteiger partial charge in [-0.25, -0.2) is 0 Å². The molecule has 0 aliphatic carbocycles. The third-order valence-electron chi connectivity index (χ3n) is 2.19. The summed E-state index contributed by atoms with van der Waals surface area (Å²) in [6, 6.07) is 3.15. The normalized spacial score (nSPS) is 10.1. The van der Waals surface area contributed by atoms with E-state index in [1.165, 1.54) is 0 Å². The van der Waals surface area contributed by atoms with E-state index < -0.39 is 0 Å². The van der Waals surface area contributed by atoms with Crippen LogP contribution in [0, 0.1) is 0 Å². The largest absolute Gasteiger partial charge is 0.292 e. The summed E-state index contributed by atoms with van der Waals surface area (Å²) in [5.41, 5.74) is 0.685. The molecular formula is C12H16N2O2. The van der Waals surface area contributed by atoms with E-state index in [0.29, 0.717) is 24.2 Å². The molecule has 16 heavy (non-hydrogen) atoms. The molecule has 0 amide bonds. The number of hydrogen-bond acceptors (Lipinski definition) is 4. The summed E-state index contributed by atoms with van der Waals surface area (Å²) in [5, 5.41) is 7.56. The number of rotatable bonds is 6. The van der Waals surface area contributed by atoms with Gasteiger partial charge in [0.1, 0.15) is 11.4 Å². The van der Waals surface area contributed by atoms with Crippen molar-refractivity contribution in [2.75, 3.05) is 0 Å². The zero-order valence-electron chi connectivity index (χ0n) is 9.69. The van der Waals surface area contributed by atoms with E-state index in [4.69, 9.17) is 0 Å². The lowest BCUT2D eigenvalue weighted by Crippen LogP contribution is -2.08. The van der Waals surface area contributed by atoms with Crippen LogP contribution in [0.5, 0.6) is 0 Å². The Labute approximate surface area is 95.1 Å². The molecule has 1 aromatic rings. The second kappa shape index (κ2) is 6.10. The van der Waals surface area contributed by atoms with Gasteiger partial charge < -0.3 is 0 Å². The van der Waals surface area contributed by atoms with Crippen molar-refractivity contribution >= 4 is 11.6 Å². The second-order valence-electron chi connectivity index (χ2n) is 3.65. The van der Waals surface area contributed by atoms with Crippen molar-refractivity contribution in [1.29, 1.82) is 0 Å². The van der Waals surface area contributed by atoms with E-state index >= 15 is 0 Å². The molecule has 0 saturated heterocycles. The molecule has 0 fully saturated rings. The van der Waals surface area contributed by atoms with Gasteiger partial charge in [-0.05, 0) is 25.0 Å². The number of aromatic nitrogens is 2. The number of carbonyl (C=O) groups excluding carboxylic acids is 2. The van der Waals surface area contributed by atoms with E-state index in [0.717, 1.165) is 12.8 Å². The first kappa shape index (κ1) is 12.5. The van der Waals surface area contributed by atoms with Crippen LogP contribution in [-0.2, 0) is 0 Å². The predicted molar refractivity (Wildman–Crippen MR) is 60.5 cm³/mol. The van der Waals surface area contributed by atoms with Gasteiger partial charge in [-0.2, -0.15) is 0 Å². The topological polar surface area (TPSA) is 59.9 Å². The number of carbonyl (C=O) groups is 2. The van der Waals surface area contributed by atoms with Crippen molar-refractivity contribution < 1.29 is 9.59 Å². The molecule has 0 N–H and O–H groups in total. The van der Waals surface area contributed by atoms with E-state index in [2.05, 4.69) is 10.2 Å². The minimum atomic E-state index is -0.0236. The monoisotopic (exact) mass is 220 g/mol. The molecule has 1 rings (SSSR count). The van der Waals surface area contributed by atoms with Crippen molar-refractivity contribution in [2.24, 2.45) is 0 Å². The van der Waals surface area contributed by atoms with Gasteiger partial charge in [0, 0.05) is 12.8 Å². The molecule has 0 atom stereocenters. The first-order valence-corrected chi connectivity index (χ1v) is 5.59. The first-order chi connectivity index (χ1) is 7.69. The zero-order valence-corrected chi connectivity index (χ0v) is 9.69. The number of nitrogens with zero attached hydrogens (tertiary/aromatic N) is 2. The van der Waals surface area contributed by atoms with Crippen molar-refractivity contribution in [1.82, 2.24) is 10.2 Å². The highest BCUT2D eigenvalue weighted by molar-refractivity contribution is 5.96. The summed E-state index contributed by atoms with van der Waals surface area (Å²) in [7, 11) is 0. The van der Waals surface area contributed by atoms with Crippen molar-refractivity contribution in [3.05, 3.63) is 23.5 Å². The maximum atomic E-state index is 11.5. The molecule has 0 saturated carbocycles. The highest BCUT2D eigenvalue weighted by Crippen LogP contribution is 2.05. The third kappa shape index (κ3) is 3.22. The van der Waals surface area contributed by atoms with Crippen LogP contribution in [0.25, 0.3) is 0 Å². The molecule has 0 aliphatic heterocycles. The summed E-state index contributed by atoms with van der Waals surface area (Å²) in [5.74, 6) is -0.0472. The van der Waals surface area contributed by atoms with Crippen LogP contribution in [0.2, 0.25) is 0 Å². The van der Waals surface area contributed by atoms with Gasteiger partial charge >= 0.3 is 0 Å². The Kier molecular flexibility index (Phi) is 4.76. The fourth-order valence-electron chi connectivity index (χ4n) is 1.34. The van der Waals surface area contributed by atoms with Crippen molar-refractivity contribution in [3.63, 3.8) is 0 Å². The number of hydrogen-bond donors (Lipinski definition) is 0. The maximum absolute atomic E-state index is 11.5. The molecule has 0 spiro atoms.